The van der Waals surface area contributed by atoms with E-state index < -0.39 is 0 Å². The van der Waals surface area contributed by atoms with Gasteiger partial charge in [-0.2, -0.15) is 0 Å². The van der Waals surface area contributed by atoms with Crippen LogP contribution in [0.5, 0.6) is 0 Å². The first-order valence-electron chi connectivity index (χ1n) is 3.42. The molecule has 0 fully saturated rings. The van der Waals surface area contributed by atoms with Crippen molar-refractivity contribution in [3.05, 3.63) is 40.0 Å². The summed E-state index contributed by atoms with van der Waals surface area (Å²) < 4.78 is 0.989. The van der Waals surface area contributed by atoms with Gasteiger partial charge in [-0.15, -0.1) is 6.42 Å². The molecule has 0 saturated heterocycles. The Labute approximate surface area is 80.4 Å². The molecular weight excluding hydrogens is 214 g/mol. The Balaban J connectivity index is 3.06. The van der Waals surface area contributed by atoms with Crippen LogP contribution in [0.3, 0.4) is 0 Å². The molecule has 0 aromatic heterocycles. The molecule has 1 aromatic rings. The average Bonchev–Trinajstić information content (AvgIpc) is 2.09. The van der Waals surface area contributed by atoms with E-state index in [9.17, 15) is 0 Å². The molecule has 2 N–H and O–H groups in total. The highest BCUT2D eigenvalue weighted by Gasteiger charge is 1.93. The van der Waals surface area contributed by atoms with E-state index in [1.165, 1.54) is 0 Å². The third-order valence-corrected chi connectivity index (χ3v) is 2.11. The maximum absolute atomic E-state index is 5.48. The maximum atomic E-state index is 5.48. The molecule has 0 bridgehead atoms. The predicted molar refractivity (Wildman–Crippen MR) is 55.1 cm³/mol. The second kappa shape index (κ2) is 3.99. The van der Waals surface area contributed by atoms with E-state index in [0.717, 1.165) is 10.0 Å². The minimum Gasteiger partial charge on any atom is -0.392 e. The molecule has 60 valence electrons. The quantitative estimate of drug-likeness (QED) is 0.725. The molecule has 1 rings (SSSR count). The van der Waals surface area contributed by atoms with E-state index >= 15 is 0 Å². The number of allylic oxidation sites excluding steroid dienone is 1. The molecule has 0 heterocycles. The summed E-state index contributed by atoms with van der Waals surface area (Å²) >= 11 is 3.39. The molecule has 0 aliphatic heterocycles. The highest BCUT2D eigenvalue weighted by Crippen LogP contribution is 2.17. The molecule has 0 aliphatic carbocycles. The number of nitrogens with two attached hydrogens (primary N) is 1. The highest BCUT2D eigenvalue weighted by atomic mass is 79.9. The van der Waals surface area contributed by atoms with E-state index in [1.807, 2.05) is 24.3 Å². The van der Waals surface area contributed by atoms with E-state index in [1.54, 1.807) is 6.08 Å². The van der Waals surface area contributed by atoms with Crippen molar-refractivity contribution in [3.63, 3.8) is 0 Å². The summed E-state index contributed by atoms with van der Waals surface area (Å²) in [5.41, 5.74) is 6.90. The lowest BCUT2D eigenvalue weighted by atomic mass is 10.2. The summed E-state index contributed by atoms with van der Waals surface area (Å²) in [5.74, 6) is 2.36. The Bertz CT molecular complexity index is 347. The van der Waals surface area contributed by atoms with E-state index in [0.29, 0.717) is 5.70 Å². The van der Waals surface area contributed by atoms with Crippen molar-refractivity contribution in [2.45, 2.75) is 0 Å². The van der Waals surface area contributed by atoms with Gasteiger partial charge < -0.3 is 5.73 Å². The number of halogens is 1. The Morgan fingerprint density at radius 2 is 2.17 bits per heavy atom. The van der Waals surface area contributed by atoms with Crippen LogP contribution in [0.1, 0.15) is 5.56 Å². The second-order valence-corrected chi connectivity index (χ2v) is 3.12. The lowest BCUT2D eigenvalue weighted by Crippen LogP contribution is -1.92. The number of benzene rings is 1. The zero-order valence-electron chi connectivity index (χ0n) is 6.42. The summed E-state index contributed by atoms with van der Waals surface area (Å²) in [4.78, 5) is 0. The van der Waals surface area contributed by atoms with Crippen LogP contribution in [0, 0.1) is 12.3 Å². The van der Waals surface area contributed by atoms with Gasteiger partial charge in [0.2, 0.25) is 0 Å². The van der Waals surface area contributed by atoms with Gasteiger partial charge in [0.15, 0.2) is 0 Å². The summed E-state index contributed by atoms with van der Waals surface area (Å²) in [5, 5.41) is 0. The zero-order chi connectivity index (χ0) is 8.97. The van der Waals surface area contributed by atoms with Crippen LogP contribution in [0.25, 0.3) is 6.08 Å². The van der Waals surface area contributed by atoms with Gasteiger partial charge >= 0.3 is 0 Å². The lowest BCUT2D eigenvalue weighted by molar-refractivity contribution is 1.48. The summed E-state index contributed by atoms with van der Waals surface area (Å²) in [6, 6.07) is 7.75. The Hall–Kier alpha value is -1.20. The Morgan fingerprint density at radius 3 is 2.75 bits per heavy atom. The first kappa shape index (κ1) is 8.89. The predicted octanol–water partition coefficient (Wildman–Crippen LogP) is 2.38. The second-order valence-electron chi connectivity index (χ2n) is 2.27. The topological polar surface area (TPSA) is 26.0 Å². The van der Waals surface area contributed by atoms with Crippen molar-refractivity contribution in [2.24, 2.45) is 5.73 Å². The third-order valence-electron chi connectivity index (χ3n) is 1.38. The smallest absolute Gasteiger partial charge is 0.0830 e. The molecule has 0 amide bonds. The molecule has 1 aromatic carbocycles. The van der Waals surface area contributed by atoms with E-state index in [-0.39, 0.29) is 0 Å². The van der Waals surface area contributed by atoms with Crippen molar-refractivity contribution >= 4 is 22.0 Å². The van der Waals surface area contributed by atoms with Gasteiger partial charge in [0, 0.05) is 4.47 Å². The summed E-state index contributed by atoms with van der Waals surface area (Å²) in [7, 11) is 0. The number of hydrogen-bond donors (Lipinski definition) is 1. The van der Waals surface area contributed by atoms with Gasteiger partial charge in [-0.25, -0.2) is 0 Å². The highest BCUT2D eigenvalue weighted by molar-refractivity contribution is 9.10. The molecule has 0 radical (unpaired) electrons. The normalized spacial score (nSPS) is 10.8. The van der Waals surface area contributed by atoms with Crippen LogP contribution >= 0.6 is 15.9 Å². The minimum absolute atomic E-state index is 0.432. The zero-order valence-corrected chi connectivity index (χ0v) is 8.01. The van der Waals surface area contributed by atoms with Gasteiger partial charge in [0.25, 0.3) is 0 Å². The van der Waals surface area contributed by atoms with Gasteiger partial charge in [-0.3, -0.25) is 0 Å². The van der Waals surface area contributed by atoms with Gasteiger partial charge in [0.05, 0.1) is 5.70 Å². The first-order valence-corrected chi connectivity index (χ1v) is 4.21. The van der Waals surface area contributed by atoms with Crippen molar-refractivity contribution in [1.29, 1.82) is 0 Å². The third kappa shape index (κ3) is 2.14. The summed E-state index contributed by atoms with van der Waals surface area (Å²) in [6.07, 6.45) is 6.87. The molecule has 0 spiro atoms. The van der Waals surface area contributed by atoms with Crippen molar-refractivity contribution < 1.29 is 0 Å². The molecule has 1 nitrogen and oxygen atoms in total. The molecular formula is C10H8BrN. The van der Waals surface area contributed by atoms with E-state index in [4.69, 9.17) is 12.2 Å². The number of terminal acetylenes is 1. The molecule has 0 aliphatic rings. The molecule has 0 unspecified atom stereocenters. The number of hydrogen-bond acceptors (Lipinski definition) is 1. The van der Waals surface area contributed by atoms with Gasteiger partial charge in [-0.1, -0.05) is 40.0 Å². The fourth-order valence-electron chi connectivity index (χ4n) is 0.801. The van der Waals surface area contributed by atoms with Crippen molar-refractivity contribution in [1.82, 2.24) is 0 Å². The molecule has 0 atom stereocenters. The first-order chi connectivity index (χ1) is 5.74. The SMILES string of the molecule is C#C/C(N)=C\c1ccccc1Br. The van der Waals surface area contributed by atoms with Gasteiger partial charge in [-0.05, 0) is 17.7 Å². The van der Waals surface area contributed by atoms with Gasteiger partial charge in [0.1, 0.15) is 0 Å². The van der Waals surface area contributed by atoms with Crippen LogP contribution < -0.4 is 5.73 Å². The number of rotatable bonds is 1. The minimum atomic E-state index is 0.432. The molecule has 0 saturated carbocycles. The fraction of sp³-hybridized carbons (Fsp3) is 0. The van der Waals surface area contributed by atoms with Crippen molar-refractivity contribution in [3.8, 4) is 12.3 Å². The Morgan fingerprint density at radius 1 is 1.50 bits per heavy atom. The van der Waals surface area contributed by atoms with Crippen molar-refractivity contribution in [2.75, 3.05) is 0 Å². The van der Waals surface area contributed by atoms with Crippen LogP contribution in [0.2, 0.25) is 0 Å². The average molecular weight is 222 g/mol. The Kier molecular flexibility index (Phi) is 2.95. The van der Waals surface area contributed by atoms with Crippen LogP contribution in [-0.4, -0.2) is 0 Å². The monoisotopic (exact) mass is 221 g/mol. The summed E-state index contributed by atoms with van der Waals surface area (Å²) in [6.45, 7) is 0. The van der Waals surface area contributed by atoms with E-state index in [2.05, 4.69) is 21.9 Å². The largest absolute Gasteiger partial charge is 0.392 e. The molecule has 12 heavy (non-hydrogen) atoms. The van der Waals surface area contributed by atoms with Crippen LogP contribution in [0.15, 0.2) is 34.4 Å². The fourth-order valence-corrected chi connectivity index (χ4v) is 1.20. The lowest BCUT2D eigenvalue weighted by Gasteiger charge is -1.96. The maximum Gasteiger partial charge on any atom is 0.0830 e. The molecule has 2 heteroatoms. The standard InChI is InChI=1S/C10H8BrN/c1-2-9(12)7-8-5-3-4-6-10(8)11/h1,3-7H,12H2/b9-7+. The van der Waals surface area contributed by atoms with Crippen LogP contribution in [0.4, 0.5) is 0 Å². The van der Waals surface area contributed by atoms with Crippen LogP contribution in [-0.2, 0) is 0 Å².